The first-order valence-corrected chi connectivity index (χ1v) is 7.65. The monoisotopic (exact) mass is 328 g/mol. The summed E-state index contributed by atoms with van der Waals surface area (Å²) in [6.07, 6.45) is -0.00917. The standard InChI is InChI=1S/C19H20O5/c1-4-23-17-7-5-6-8-18(17)24-19(21)12-15-11-14(13(2)20)9-10-16(15)22-3/h5-11H,4,12H2,1-3H3. The molecule has 2 aromatic carbocycles. The minimum Gasteiger partial charge on any atom is -0.496 e. The Labute approximate surface area is 141 Å². The van der Waals surface area contributed by atoms with Crippen LogP contribution in [0.15, 0.2) is 42.5 Å². The van der Waals surface area contributed by atoms with E-state index in [1.54, 1.807) is 36.4 Å². The lowest BCUT2D eigenvalue weighted by Crippen LogP contribution is -2.13. The van der Waals surface area contributed by atoms with Gasteiger partial charge in [0.1, 0.15) is 5.75 Å². The predicted molar refractivity (Wildman–Crippen MR) is 89.9 cm³/mol. The quantitative estimate of drug-likeness (QED) is 0.442. The molecule has 0 aromatic heterocycles. The van der Waals surface area contributed by atoms with Crippen LogP contribution in [0.4, 0.5) is 0 Å². The zero-order valence-corrected chi connectivity index (χ0v) is 14.0. The second-order valence-electron chi connectivity index (χ2n) is 5.11. The van der Waals surface area contributed by atoms with Gasteiger partial charge in [-0.25, -0.2) is 0 Å². The summed E-state index contributed by atoms with van der Waals surface area (Å²) in [6, 6.07) is 12.0. The van der Waals surface area contributed by atoms with Crippen LogP contribution in [0.1, 0.15) is 29.8 Å². The Kier molecular flexibility index (Phi) is 5.95. The van der Waals surface area contributed by atoms with Gasteiger partial charge in [-0.1, -0.05) is 12.1 Å². The van der Waals surface area contributed by atoms with E-state index in [1.807, 2.05) is 13.0 Å². The highest BCUT2D eigenvalue weighted by Gasteiger charge is 2.15. The van der Waals surface area contributed by atoms with Gasteiger partial charge >= 0.3 is 5.97 Å². The maximum absolute atomic E-state index is 12.3. The second kappa shape index (κ2) is 8.15. The smallest absolute Gasteiger partial charge is 0.315 e. The Balaban J connectivity index is 2.18. The van der Waals surface area contributed by atoms with E-state index < -0.39 is 5.97 Å². The topological polar surface area (TPSA) is 61.8 Å². The Bertz CT molecular complexity index is 736. The molecule has 0 radical (unpaired) electrons. The van der Waals surface area contributed by atoms with Crippen LogP contribution in [-0.4, -0.2) is 25.5 Å². The van der Waals surface area contributed by atoms with E-state index in [1.165, 1.54) is 14.0 Å². The minimum absolute atomic E-state index is 0.00917. The summed E-state index contributed by atoms with van der Waals surface area (Å²) in [5, 5.41) is 0. The molecular weight excluding hydrogens is 308 g/mol. The van der Waals surface area contributed by atoms with Crippen molar-refractivity contribution in [3.8, 4) is 17.2 Å². The van der Waals surface area contributed by atoms with Gasteiger partial charge in [0.05, 0.1) is 20.1 Å². The van der Waals surface area contributed by atoms with Crippen LogP contribution in [0, 0.1) is 0 Å². The van der Waals surface area contributed by atoms with E-state index in [0.717, 1.165) is 0 Å². The summed E-state index contributed by atoms with van der Waals surface area (Å²) in [4.78, 5) is 23.8. The molecule has 0 saturated heterocycles. The fourth-order valence-electron chi connectivity index (χ4n) is 2.26. The molecule has 0 unspecified atom stereocenters. The molecule has 0 fully saturated rings. The van der Waals surface area contributed by atoms with Gasteiger partial charge in [-0.2, -0.15) is 0 Å². The maximum Gasteiger partial charge on any atom is 0.315 e. The van der Waals surface area contributed by atoms with Crippen LogP contribution in [-0.2, 0) is 11.2 Å². The molecule has 0 amide bonds. The lowest BCUT2D eigenvalue weighted by atomic mass is 10.0. The average Bonchev–Trinajstić information content (AvgIpc) is 2.56. The molecule has 0 spiro atoms. The van der Waals surface area contributed by atoms with Crippen molar-refractivity contribution in [2.45, 2.75) is 20.3 Å². The lowest BCUT2D eigenvalue weighted by Gasteiger charge is -2.12. The highest BCUT2D eigenvalue weighted by molar-refractivity contribution is 5.94. The molecule has 0 atom stereocenters. The normalized spacial score (nSPS) is 10.1. The van der Waals surface area contributed by atoms with Gasteiger partial charge in [0.25, 0.3) is 0 Å². The molecule has 0 heterocycles. The summed E-state index contributed by atoms with van der Waals surface area (Å²) in [6.45, 7) is 3.81. The highest BCUT2D eigenvalue weighted by Crippen LogP contribution is 2.27. The zero-order valence-electron chi connectivity index (χ0n) is 14.0. The second-order valence-corrected chi connectivity index (χ2v) is 5.11. The molecule has 5 nitrogen and oxygen atoms in total. The number of carbonyl (C=O) groups is 2. The van der Waals surface area contributed by atoms with E-state index in [2.05, 4.69) is 0 Å². The summed E-state index contributed by atoms with van der Waals surface area (Å²) in [5.74, 6) is 0.883. The van der Waals surface area contributed by atoms with Crippen molar-refractivity contribution in [2.75, 3.05) is 13.7 Å². The summed E-state index contributed by atoms with van der Waals surface area (Å²) in [5.41, 5.74) is 1.12. The van der Waals surface area contributed by atoms with E-state index in [-0.39, 0.29) is 12.2 Å². The Morgan fingerprint density at radius 2 is 1.71 bits per heavy atom. The summed E-state index contributed by atoms with van der Waals surface area (Å²) < 4.78 is 16.1. The fourth-order valence-corrected chi connectivity index (χ4v) is 2.26. The molecule has 0 aliphatic heterocycles. The van der Waals surface area contributed by atoms with E-state index >= 15 is 0 Å². The first-order chi connectivity index (χ1) is 11.5. The number of ketones is 1. The van der Waals surface area contributed by atoms with Crippen molar-refractivity contribution in [3.05, 3.63) is 53.6 Å². The Morgan fingerprint density at radius 1 is 1.00 bits per heavy atom. The number of Topliss-reactive ketones (excluding diaryl/α,β-unsaturated/α-hetero) is 1. The fraction of sp³-hybridized carbons (Fsp3) is 0.263. The zero-order chi connectivity index (χ0) is 17.5. The largest absolute Gasteiger partial charge is 0.496 e. The van der Waals surface area contributed by atoms with Gasteiger partial charge in [0, 0.05) is 11.1 Å². The van der Waals surface area contributed by atoms with Crippen LogP contribution in [0.5, 0.6) is 17.2 Å². The van der Waals surface area contributed by atoms with Gasteiger partial charge in [-0.15, -0.1) is 0 Å². The molecule has 0 N–H and O–H groups in total. The molecule has 0 saturated carbocycles. The number of esters is 1. The first kappa shape index (κ1) is 17.5. The molecule has 5 heteroatoms. The number of hydrogen-bond donors (Lipinski definition) is 0. The molecule has 2 rings (SSSR count). The number of methoxy groups -OCH3 is 1. The first-order valence-electron chi connectivity index (χ1n) is 7.65. The van der Waals surface area contributed by atoms with E-state index in [9.17, 15) is 9.59 Å². The third-order valence-electron chi connectivity index (χ3n) is 3.39. The van der Waals surface area contributed by atoms with Crippen molar-refractivity contribution in [2.24, 2.45) is 0 Å². The van der Waals surface area contributed by atoms with Crippen molar-refractivity contribution < 1.29 is 23.8 Å². The summed E-state index contributed by atoms with van der Waals surface area (Å²) in [7, 11) is 1.52. The molecule has 24 heavy (non-hydrogen) atoms. The predicted octanol–water partition coefficient (Wildman–Crippen LogP) is 3.44. The number of hydrogen-bond acceptors (Lipinski definition) is 5. The van der Waals surface area contributed by atoms with Crippen molar-refractivity contribution >= 4 is 11.8 Å². The average molecular weight is 328 g/mol. The minimum atomic E-state index is -0.457. The van der Waals surface area contributed by atoms with Crippen molar-refractivity contribution in [3.63, 3.8) is 0 Å². The number of para-hydroxylation sites is 2. The lowest BCUT2D eigenvalue weighted by molar-refractivity contribution is -0.133. The number of carbonyl (C=O) groups excluding carboxylic acids is 2. The Hall–Kier alpha value is -2.82. The molecule has 2 aromatic rings. The van der Waals surface area contributed by atoms with Crippen LogP contribution in [0.2, 0.25) is 0 Å². The van der Waals surface area contributed by atoms with Gasteiger partial charge in [0.2, 0.25) is 0 Å². The molecular formula is C19H20O5. The highest BCUT2D eigenvalue weighted by atomic mass is 16.6. The molecule has 0 aliphatic carbocycles. The van der Waals surface area contributed by atoms with E-state index in [4.69, 9.17) is 14.2 Å². The summed E-state index contributed by atoms with van der Waals surface area (Å²) >= 11 is 0. The van der Waals surface area contributed by atoms with Gasteiger partial charge in [0.15, 0.2) is 17.3 Å². The van der Waals surface area contributed by atoms with Crippen LogP contribution in [0.3, 0.4) is 0 Å². The third-order valence-corrected chi connectivity index (χ3v) is 3.39. The van der Waals surface area contributed by atoms with Gasteiger partial charge in [-0.05, 0) is 44.2 Å². The van der Waals surface area contributed by atoms with Crippen LogP contribution >= 0.6 is 0 Å². The van der Waals surface area contributed by atoms with Crippen LogP contribution < -0.4 is 14.2 Å². The third kappa shape index (κ3) is 4.35. The number of rotatable bonds is 7. The van der Waals surface area contributed by atoms with Gasteiger partial charge < -0.3 is 14.2 Å². The maximum atomic E-state index is 12.3. The molecule has 126 valence electrons. The molecule has 0 bridgehead atoms. The van der Waals surface area contributed by atoms with Crippen molar-refractivity contribution in [1.29, 1.82) is 0 Å². The Morgan fingerprint density at radius 3 is 2.33 bits per heavy atom. The van der Waals surface area contributed by atoms with Crippen molar-refractivity contribution in [1.82, 2.24) is 0 Å². The molecule has 0 aliphatic rings. The number of benzene rings is 2. The SMILES string of the molecule is CCOc1ccccc1OC(=O)Cc1cc(C(C)=O)ccc1OC. The van der Waals surface area contributed by atoms with E-state index in [0.29, 0.717) is 35.0 Å². The number of ether oxygens (including phenoxy) is 3. The van der Waals surface area contributed by atoms with Crippen LogP contribution in [0.25, 0.3) is 0 Å². The van der Waals surface area contributed by atoms with Gasteiger partial charge in [-0.3, -0.25) is 9.59 Å².